The van der Waals surface area contributed by atoms with Crippen molar-refractivity contribution in [1.29, 1.82) is 0 Å². The zero-order chi connectivity index (χ0) is 20.3. The fourth-order valence-electron chi connectivity index (χ4n) is 3.95. The highest BCUT2D eigenvalue weighted by molar-refractivity contribution is 6.32. The van der Waals surface area contributed by atoms with E-state index in [0.717, 1.165) is 57.9 Å². The molecule has 4 heterocycles. The highest BCUT2D eigenvalue weighted by atomic mass is 35.5. The van der Waals surface area contributed by atoms with Gasteiger partial charge in [0.05, 0.1) is 0 Å². The number of nitrogens with one attached hydrogen (secondary N) is 2. The van der Waals surface area contributed by atoms with Crippen LogP contribution in [0.1, 0.15) is 18.4 Å². The molecule has 0 aliphatic carbocycles. The lowest BCUT2D eigenvalue weighted by atomic mass is 10.2. The van der Waals surface area contributed by atoms with Gasteiger partial charge in [-0.1, -0.05) is 41.9 Å². The van der Waals surface area contributed by atoms with Crippen LogP contribution in [0.15, 0.2) is 30.3 Å². The Labute approximate surface area is 180 Å². The molecular formula is C21H25ClN8. The Kier molecular flexibility index (Phi) is 5.50. The highest BCUT2D eigenvalue weighted by Crippen LogP contribution is 2.30. The molecule has 2 fully saturated rings. The number of fused-ring (bicyclic) bond motifs is 1. The number of piperazine rings is 1. The van der Waals surface area contributed by atoms with E-state index < -0.39 is 0 Å². The van der Waals surface area contributed by atoms with Gasteiger partial charge in [-0.15, -0.1) is 0 Å². The second-order valence-corrected chi connectivity index (χ2v) is 8.01. The molecule has 8 nitrogen and oxygen atoms in total. The van der Waals surface area contributed by atoms with Crippen LogP contribution in [0.25, 0.3) is 11.2 Å². The zero-order valence-electron chi connectivity index (χ0n) is 16.8. The molecule has 0 atom stereocenters. The standard InChI is InChI=1S/C21H25ClN8/c22-17-20(29-10-4-5-11-29)26-19-16(25-17)18(24-14-15-6-2-1-3-7-15)27-21(28-19)30-12-8-23-9-13-30/h1-3,6-7,23H,4-5,8-14H2,(H,24,26,27,28). The first-order valence-electron chi connectivity index (χ1n) is 10.5. The number of hydrogen-bond donors (Lipinski definition) is 2. The number of nitrogens with zero attached hydrogens (tertiary/aromatic N) is 6. The summed E-state index contributed by atoms with van der Waals surface area (Å²) in [7, 11) is 0. The number of anilines is 3. The Morgan fingerprint density at radius 3 is 2.43 bits per heavy atom. The van der Waals surface area contributed by atoms with E-state index in [1.807, 2.05) is 18.2 Å². The minimum absolute atomic E-state index is 0.408. The van der Waals surface area contributed by atoms with Gasteiger partial charge >= 0.3 is 0 Å². The Morgan fingerprint density at radius 2 is 1.67 bits per heavy atom. The second-order valence-electron chi connectivity index (χ2n) is 7.65. The molecule has 2 saturated heterocycles. The topological polar surface area (TPSA) is 82.1 Å². The third-order valence-electron chi connectivity index (χ3n) is 5.57. The molecule has 0 unspecified atom stereocenters. The van der Waals surface area contributed by atoms with E-state index in [4.69, 9.17) is 26.6 Å². The van der Waals surface area contributed by atoms with Gasteiger partial charge in [0, 0.05) is 45.8 Å². The normalized spacial score (nSPS) is 17.0. The van der Waals surface area contributed by atoms with Crippen LogP contribution in [0.4, 0.5) is 17.6 Å². The van der Waals surface area contributed by atoms with Gasteiger partial charge < -0.3 is 20.4 Å². The predicted octanol–water partition coefficient (Wildman–Crippen LogP) is 2.70. The number of benzene rings is 1. The molecule has 5 rings (SSSR count). The van der Waals surface area contributed by atoms with E-state index in [1.54, 1.807) is 0 Å². The van der Waals surface area contributed by atoms with E-state index in [0.29, 0.717) is 34.6 Å². The van der Waals surface area contributed by atoms with E-state index in [2.05, 4.69) is 37.6 Å². The van der Waals surface area contributed by atoms with E-state index in [-0.39, 0.29) is 0 Å². The lowest BCUT2D eigenvalue weighted by molar-refractivity contribution is 0.580. The van der Waals surface area contributed by atoms with Crippen LogP contribution in [0.3, 0.4) is 0 Å². The van der Waals surface area contributed by atoms with Crippen LogP contribution >= 0.6 is 11.6 Å². The van der Waals surface area contributed by atoms with Crippen molar-refractivity contribution in [2.24, 2.45) is 0 Å². The first-order valence-corrected chi connectivity index (χ1v) is 10.9. The molecule has 0 spiro atoms. The van der Waals surface area contributed by atoms with Crippen molar-refractivity contribution in [3.63, 3.8) is 0 Å². The third kappa shape index (κ3) is 3.97. The van der Waals surface area contributed by atoms with Crippen molar-refractivity contribution in [3.05, 3.63) is 41.0 Å². The molecule has 1 aromatic carbocycles. The number of halogens is 1. The first kappa shape index (κ1) is 19.3. The molecule has 2 aromatic heterocycles. The molecule has 2 aliphatic heterocycles. The zero-order valence-corrected chi connectivity index (χ0v) is 17.6. The van der Waals surface area contributed by atoms with Crippen molar-refractivity contribution in [2.45, 2.75) is 19.4 Å². The van der Waals surface area contributed by atoms with Crippen LogP contribution in [-0.4, -0.2) is 59.2 Å². The number of aromatic nitrogens is 4. The first-order chi connectivity index (χ1) is 14.8. The third-order valence-corrected chi connectivity index (χ3v) is 5.82. The number of rotatable bonds is 5. The van der Waals surface area contributed by atoms with Gasteiger partial charge in [-0.3, -0.25) is 0 Å². The number of hydrogen-bond acceptors (Lipinski definition) is 8. The molecule has 0 radical (unpaired) electrons. The van der Waals surface area contributed by atoms with Gasteiger partial charge in [0.2, 0.25) is 5.95 Å². The minimum atomic E-state index is 0.408. The predicted molar refractivity (Wildman–Crippen MR) is 120 cm³/mol. The van der Waals surface area contributed by atoms with Crippen LogP contribution in [0, 0.1) is 0 Å². The van der Waals surface area contributed by atoms with Crippen LogP contribution < -0.4 is 20.4 Å². The van der Waals surface area contributed by atoms with Crippen molar-refractivity contribution in [2.75, 3.05) is 54.4 Å². The summed E-state index contributed by atoms with van der Waals surface area (Å²) in [6, 6.07) is 10.2. The maximum Gasteiger partial charge on any atom is 0.229 e. The van der Waals surface area contributed by atoms with E-state index >= 15 is 0 Å². The minimum Gasteiger partial charge on any atom is -0.364 e. The molecule has 2 aliphatic rings. The van der Waals surface area contributed by atoms with E-state index in [1.165, 1.54) is 5.56 Å². The van der Waals surface area contributed by atoms with Gasteiger partial charge in [-0.05, 0) is 18.4 Å². The average Bonchev–Trinajstić information content (AvgIpc) is 3.33. The smallest absolute Gasteiger partial charge is 0.229 e. The van der Waals surface area contributed by atoms with Crippen molar-refractivity contribution in [3.8, 4) is 0 Å². The Hall–Kier alpha value is -2.71. The fourth-order valence-corrected chi connectivity index (χ4v) is 4.19. The van der Waals surface area contributed by atoms with Crippen molar-refractivity contribution >= 4 is 40.3 Å². The summed E-state index contributed by atoms with van der Waals surface area (Å²) in [5.74, 6) is 2.07. The summed E-state index contributed by atoms with van der Waals surface area (Å²) in [6.07, 6.45) is 2.30. The maximum atomic E-state index is 6.54. The molecule has 0 saturated carbocycles. The monoisotopic (exact) mass is 424 g/mol. The van der Waals surface area contributed by atoms with Crippen LogP contribution in [0.2, 0.25) is 5.15 Å². The highest BCUT2D eigenvalue weighted by Gasteiger charge is 2.22. The second kappa shape index (κ2) is 8.57. The molecule has 156 valence electrons. The molecular weight excluding hydrogens is 400 g/mol. The summed E-state index contributed by atoms with van der Waals surface area (Å²) < 4.78 is 0. The molecule has 3 aromatic rings. The quantitative estimate of drug-likeness (QED) is 0.647. The van der Waals surface area contributed by atoms with Gasteiger partial charge in [0.1, 0.15) is 0 Å². The summed E-state index contributed by atoms with van der Waals surface area (Å²) in [4.78, 5) is 23.5. The molecule has 0 amide bonds. The van der Waals surface area contributed by atoms with Crippen molar-refractivity contribution in [1.82, 2.24) is 25.3 Å². The molecule has 30 heavy (non-hydrogen) atoms. The van der Waals surface area contributed by atoms with Gasteiger partial charge in [-0.25, -0.2) is 9.97 Å². The fraction of sp³-hybridized carbons (Fsp3) is 0.429. The molecule has 0 bridgehead atoms. The van der Waals surface area contributed by atoms with Crippen molar-refractivity contribution < 1.29 is 0 Å². The lowest BCUT2D eigenvalue weighted by Crippen LogP contribution is -2.44. The maximum absolute atomic E-state index is 6.54. The van der Waals surface area contributed by atoms with Gasteiger partial charge in [0.15, 0.2) is 28.0 Å². The summed E-state index contributed by atoms with van der Waals surface area (Å²) in [5.41, 5.74) is 2.36. The van der Waals surface area contributed by atoms with Gasteiger partial charge in [-0.2, -0.15) is 9.97 Å². The molecule has 9 heteroatoms. The van der Waals surface area contributed by atoms with Crippen LogP contribution in [-0.2, 0) is 6.54 Å². The van der Waals surface area contributed by atoms with Crippen LogP contribution in [0.5, 0.6) is 0 Å². The Bertz CT molecular complexity index is 1020. The Morgan fingerprint density at radius 1 is 0.900 bits per heavy atom. The average molecular weight is 425 g/mol. The summed E-state index contributed by atoms with van der Waals surface area (Å²) >= 11 is 6.54. The summed E-state index contributed by atoms with van der Waals surface area (Å²) in [6.45, 7) is 6.11. The molecule has 2 N–H and O–H groups in total. The summed E-state index contributed by atoms with van der Waals surface area (Å²) in [5, 5.41) is 7.21. The Balaban J connectivity index is 1.55. The SMILES string of the molecule is Clc1nc2c(NCc3ccccc3)nc(N3CCNCC3)nc2nc1N1CCCC1. The van der Waals surface area contributed by atoms with E-state index in [9.17, 15) is 0 Å². The largest absolute Gasteiger partial charge is 0.364 e. The lowest BCUT2D eigenvalue weighted by Gasteiger charge is -2.28. The van der Waals surface area contributed by atoms with Gasteiger partial charge in [0.25, 0.3) is 0 Å².